The van der Waals surface area contributed by atoms with Gasteiger partial charge in [-0.05, 0) is 19.3 Å². The van der Waals surface area contributed by atoms with E-state index in [0.717, 1.165) is 19.3 Å². The molecule has 0 amide bonds. The summed E-state index contributed by atoms with van der Waals surface area (Å²) in [6.45, 7) is -0.224. The number of carboxylic acid groups (broad SMARTS) is 1. The van der Waals surface area contributed by atoms with Crippen LogP contribution in [0.4, 0.5) is 0 Å². The maximum Gasteiger partial charge on any atom is 0.329 e. The maximum absolute atomic E-state index is 10.1. The van der Waals surface area contributed by atoms with Crippen molar-refractivity contribution in [3.8, 4) is 0 Å². The highest BCUT2D eigenvalue weighted by molar-refractivity contribution is 5.68. The predicted molar refractivity (Wildman–Crippen MR) is 39.2 cm³/mol. The van der Waals surface area contributed by atoms with E-state index < -0.39 is 5.97 Å². The van der Waals surface area contributed by atoms with Crippen molar-refractivity contribution in [1.29, 1.82) is 0 Å². The second kappa shape index (κ2) is 3.69. The van der Waals surface area contributed by atoms with Gasteiger partial charge in [-0.2, -0.15) is 0 Å². The Morgan fingerprint density at radius 2 is 2.36 bits per heavy atom. The van der Waals surface area contributed by atoms with Gasteiger partial charge in [-0.25, -0.2) is 4.79 Å². The molecule has 64 valence electrons. The van der Waals surface area contributed by atoms with E-state index in [0.29, 0.717) is 0 Å². The van der Waals surface area contributed by atoms with E-state index in [9.17, 15) is 4.79 Å². The van der Waals surface area contributed by atoms with Gasteiger partial charge in [-0.15, -0.1) is 0 Å². The fourth-order valence-electron chi connectivity index (χ4n) is 1.34. The van der Waals surface area contributed by atoms with Crippen LogP contribution in [0.25, 0.3) is 0 Å². The maximum atomic E-state index is 10.1. The summed E-state index contributed by atoms with van der Waals surface area (Å²) < 4.78 is 5.05. The van der Waals surface area contributed by atoms with Crippen LogP contribution in [-0.4, -0.2) is 29.8 Å². The van der Waals surface area contributed by atoms with Crippen LogP contribution in [0.15, 0.2) is 0 Å². The predicted octanol–water partition coefficient (Wildman–Crippen LogP) is -0.0326. The van der Waals surface area contributed by atoms with Gasteiger partial charge in [0.15, 0.2) is 0 Å². The smallest absolute Gasteiger partial charge is 0.329 e. The van der Waals surface area contributed by atoms with Crippen molar-refractivity contribution < 1.29 is 14.6 Å². The molecule has 0 aromatic heterocycles. The molecule has 1 aliphatic carbocycles. The van der Waals surface area contributed by atoms with Gasteiger partial charge in [0.2, 0.25) is 0 Å². The monoisotopic (exact) mass is 159 g/mol. The summed E-state index contributed by atoms with van der Waals surface area (Å²) >= 11 is 0. The van der Waals surface area contributed by atoms with Gasteiger partial charge in [0.05, 0.1) is 6.10 Å². The Kier molecular flexibility index (Phi) is 2.84. The minimum Gasteiger partial charge on any atom is -0.480 e. The number of hydrogen-bond donors (Lipinski definition) is 2. The third-order valence-electron chi connectivity index (χ3n) is 1.92. The summed E-state index contributed by atoms with van der Waals surface area (Å²) in [7, 11) is 0. The summed E-state index contributed by atoms with van der Waals surface area (Å²) in [6.07, 6.45) is 2.86. The Hall–Kier alpha value is -0.610. The van der Waals surface area contributed by atoms with Crippen molar-refractivity contribution >= 4 is 5.97 Å². The lowest BCUT2D eigenvalue weighted by atomic mass is 10.2. The highest BCUT2D eigenvalue weighted by Crippen LogP contribution is 2.19. The molecule has 0 aromatic rings. The average Bonchev–Trinajstić information content (AvgIpc) is 2.31. The van der Waals surface area contributed by atoms with Crippen molar-refractivity contribution in [2.45, 2.75) is 31.4 Å². The largest absolute Gasteiger partial charge is 0.480 e. The molecule has 0 radical (unpaired) electrons. The summed E-state index contributed by atoms with van der Waals surface area (Å²) in [5.41, 5.74) is 5.65. The molecule has 0 bridgehead atoms. The molecule has 4 nitrogen and oxygen atoms in total. The van der Waals surface area contributed by atoms with E-state index >= 15 is 0 Å². The molecule has 2 atom stereocenters. The zero-order valence-corrected chi connectivity index (χ0v) is 6.32. The van der Waals surface area contributed by atoms with Crippen LogP contribution < -0.4 is 5.73 Å². The van der Waals surface area contributed by atoms with E-state index in [2.05, 4.69) is 0 Å². The highest BCUT2D eigenvalue weighted by Gasteiger charge is 2.24. The first-order valence-electron chi connectivity index (χ1n) is 3.79. The second-order valence-corrected chi connectivity index (χ2v) is 2.84. The Bertz CT molecular complexity index is 149. The molecule has 1 fully saturated rings. The molecule has 1 aliphatic rings. The molecule has 0 aromatic carbocycles. The summed E-state index contributed by atoms with van der Waals surface area (Å²) in [5.74, 6) is -0.927. The zero-order valence-electron chi connectivity index (χ0n) is 6.32. The Morgan fingerprint density at radius 3 is 2.82 bits per heavy atom. The molecule has 0 saturated heterocycles. The topological polar surface area (TPSA) is 72.5 Å². The quantitative estimate of drug-likeness (QED) is 0.606. The minimum atomic E-state index is -0.927. The Morgan fingerprint density at radius 1 is 1.64 bits per heavy atom. The molecular weight excluding hydrogens is 146 g/mol. The van der Waals surface area contributed by atoms with E-state index in [1.54, 1.807) is 0 Å². The summed E-state index contributed by atoms with van der Waals surface area (Å²) in [6, 6.07) is 0.0364. The molecule has 1 saturated carbocycles. The zero-order chi connectivity index (χ0) is 8.27. The first-order valence-corrected chi connectivity index (χ1v) is 3.79. The van der Waals surface area contributed by atoms with Crippen LogP contribution in [0, 0.1) is 0 Å². The molecule has 11 heavy (non-hydrogen) atoms. The van der Waals surface area contributed by atoms with E-state index in [1.165, 1.54) is 0 Å². The van der Waals surface area contributed by atoms with Crippen molar-refractivity contribution in [2.75, 3.05) is 6.61 Å². The van der Waals surface area contributed by atoms with Gasteiger partial charge in [-0.1, -0.05) is 0 Å². The van der Waals surface area contributed by atoms with Gasteiger partial charge in [0.1, 0.15) is 6.61 Å². The molecule has 1 rings (SSSR count). The fraction of sp³-hybridized carbons (Fsp3) is 0.857. The Balaban J connectivity index is 2.20. The lowest BCUT2D eigenvalue weighted by Gasteiger charge is -2.14. The minimum absolute atomic E-state index is 0.0360. The van der Waals surface area contributed by atoms with Crippen molar-refractivity contribution in [3.63, 3.8) is 0 Å². The van der Waals surface area contributed by atoms with Crippen LogP contribution in [0.2, 0.25) is 0 Å². The first kappa shape index (κ1) is 8.49. The van der Waals surface area contributed by atoms with Gasteiger partial charge < -0.3 is 15.6 Å². The van der Waals surface area contributed by atoms with E-state index in [4.69, 9.17) is 15.6 Å². The van der Waals surface area contributed by atoms with Gasteiger partial charge in [-0.3, -0.25) is 0 Å². The van der Waals surface area contributed by atoms with Crippen LogP contribution in [0.3, 0.4) is 0 Å². The van der Waals surface area contributed by atoms with Crippen LogP contribution in [0.5, 0.6) is 0 Å². The molecule has 0 aliphatic heterocycles. The fourth-order valence-corrected chi connectivity index (χ4v) is 1.34. The number of nitrogens with two attached hydrogens (primary N) is 1. The molecule has 0 heterocycles. The first-order chi connectivity index (χ1) is 5.20. The molecular formula is C7H13NO3. The SMILES string of the molecule is N[C@H]1CCC[C@@H]1OCC(=O)O. The lowest BCUT2D eigenvalue weighted by molar-refractivity contribution is -0.144. The number of aliphatic carboxylic acids is 1. The number of carbonyl (C=O) groups is 1. The van der Waals surface area contributed by atoms with E-state index in [1.807, 2.05) is 0 Å². The van der Waals surface area contributed by atoms with Crippen molar-refractivity contribution in [3.05, 3.63) is 0 Å². The van der Waals surface area contributed by atoms with Crippen LogP contribution in [0.1, 0.15) is 19.3 Å². The molecule has 4 heteroatoms. The normalized spacial score (nSPS) is 30.6. The van der Waals surface area contributed by atoms with Gasteiger partial charge >= 0.3 is 5.97 Å². The summed E-state index contributed by atoms with van der Waals surface area (Å²) in [5, 5.41) is 8.29. The average molecular weight is 159 g/mol. The highest BCUT2D eigenvalue weighted by atomic mass is 16.5. The lowest BCUT2D eigenvalue weighted by Crippen LogP contribution is -2.32. The number of hydrogen-bond acceptors (Lipinski definition) is 3. The molecule has 0 unspecified atom stereocenters. The Labute approximate surface area is 65.3 Å². The standard InChI is InChI=1S/C7H13NO3/c8-5-2-1-3-6(5)11-4-7(9)10/h5-6H,1-4,8H2,(H,9,10)/t5-,6-/m0/s1. The third-order valence-corrected chi connectivity index (χ3v) is 1.92. The van der Waals surface area contributed by atoms with Crippen LogP contribution >= 0.6 is 0 Å². The van der Waals surface area contributed by atoms with Crippen LogP contribution in [-0.2, 0) is 9.53 Å². The molecule has 0 spiro atoms. The number of carboxylic acids is 1. The third kappa shape index (κ3) is 2.48. The van der Waals surface area contributed by atoms with Gasteiger partial charge in [0.25, 0.3) is 0 Å². The van der Waals surface area contributed by atoms with Crippen molar-refractivity contribution in [1.82, 2.24) is 0 Å². The second-order valence-electron chi connectivity index (χ2n) is 2.84. The summed E-state index contributed by atoms with van der Waals surface area (Å²) in [4.78, 5) is 10.1. The van der Waals surface area contributed by atoms with Crippen molar-refractivity contribution in [2.24, 2.45) is 5.73 Å². The molecule has 3 N–H and O–H groups in total. The number of ether oxygens (including phenoxy) is 1. The van der Waals surface area contributed by atoms with E-state index in [-0.39, 0.29) is 18.8 Å². The number of rotatable bonds is 3. The van der Waals surface area contributed by atoms with Gasteiger partial charge in [0, 0.05) is 6.04 Å².